The summed E-state index contributed by atoms with van der Waals surface area (Å²) in [6, 6.07) is 7.90. The zero-order valence-corrected chi connectivity index (χ0v) is 19.1. The van der Waals surface area contributed by atoms with Gasteiger partial charge in [0.1, 0.15) is 22.7 Å². The lowest BCUT2D eigenvalue weighted by atomic mass is 9.92. The molecule has 1 amide bonds. The lowest BCUT2D eigenvalue weighted by molar-refractivity contribution is -0.147. The number of esters is 1. The van der Waals surface area contributed by atoms with Crippen LogP contribution in [0.4, 0.5) is 4.79 Å². The van der Waals surface area contributed by atoms with Crippen LogP contribution in [0.5, 0.6) is 5.75 Å². The van der Waals surface area contributed by atoms with Gasteiger partial charge in [0.05, 0.1) is 13.7 Å². The molecule has 1 aromatic heterocycles. The van der Waals surface area contributed by atoms with E-state index in [0.29, 0.717) is 34.6 Å². The number of benzene rings is 1. The van der Waals surface area contributed by atoms with E-state index in [9.17, 15) is 9.59 Å². The molecule has 0 fully saturated rings. The second-order valence-electron chi connectivity index (χ2n) is 7.61. The molecule has 1 aliphatic rings. The van der Waals surface area contributed by atoms with Crippen LogP contribution >= 0.6 is 23.2 Å². The van der Waals surface area contributed by atoms with Crippen LogP contribution in [-0.4, -0.2) is 42.2 Å². The number of nitrogens with zero attached hydrogens (tertiary/aromatic N) is 2. The summed E-state index contributed by atoms with van der Waals surface area (Å²) in [6.45, 7) is 4.78. The topological polar surface area (TPSA) is 78.0 Å². The maximum absolute atomic E-state index is 12.6. The number of hydrogen-bond donors (Lipinski definition) is 0. The summed E-state index contributed by atoms with van der Waals surface area (Å²) in [7, 11) is 1.30. The highest BCUT2D eigenvalue weighted by atomic mass is 35.5. The SMILES string of the molecule is COC(=O)C1c2ccc(OCc3cc(Cl)nc(Cl)c3)cc2CCN1C(=O)OCC(C)C. The number of amides is 1. The van der Waals surface area contributed by atoms with Crippen molar-refractivity contribution < 1.29 is 23.8 Å². The molecule has 1 aromatic carbocycles. The number of halogens is 2. The fraction of sp³-hybridized carbons (Fsp3) is 0.409. The molecule has 0 spiro atoms. The molecule has 2 aromatic rings. The molecule has 9 heteroatoms. The third kappa shape index (κ3) is 5.80. The number of methoxy groups -OCH3 is 1. The molecule has 3 rings (SSSR count). The second-order valence-corrected chi connectivity index (χ2v) is 8.38. The monoisotopic (exact) mass is 466 g/mol. The Kier molecular flexibility index (Phi) is 7.62. The smallest absolute Gasteiger partial charge is 0.410 e. The van der Waals surface area contributed by atoms with Gasteiger partial charge < -0.3 is 14.2 Å². The van der Waals surface area contributed by atoms with Crippen molar-refractivity contribution in [1.29, 1.82) is 0 Å². The molecule has 0 radical (unpaired) electrons. The number of carbonyl (C=O) groups excluding carboxylic acids is 2. The highest BCUT2D eigenvalue weighted by molar-refractivity contribution is 6.32. The molecule has 0 bridgehead atoms. The molecule has 7 nitrogen and oxygen atoms in total. The van der Waals surface area contributed by atoms with E-state index in [4.69, 9.17) is 37.4 Å². The molecule has 0 saturated heterocycles. The van der Waals surface area contributed by atoms with E-state index in [2.05, 4.69) is 4.98 Å². The van der Waals surface area contributed by atoms with Crippen LogP contribution in [0.25, 0.3) is 0 Å². The van der Waals surface area contributed by atoms with Crippen molar-refractivity contribution in [3.05, 3.63) is 57.3 Å². The summed E-state index contributed by atoms with van der Waals surface area (Å²) in [5.74, 6) is 0.307. The highest BCUT2D eigenvalue weighted by Gasteiger charge is 2.37. The third-order valence-electron chi connectivity index (χ3n) is 4.77. The maximum atomic E-state index is 12.6. The lowest BCUT2D eigenvalue weighted by Crippen LogP contribution is -2.44. The van der Waals surface area contributed by atoms with Crippen molar-refractivity contribution in [2.75, 3.05) is 20.3 Å². The van der Waals surface area contributed by atoms with Gasteiger partial charge in [-0.2, -0.15) is 0 Å². The molecule has 1 unspecified atom stereocenters. The van der Waals surface area contributed by atoms with Crippen LogP contribution in [0.2, 0.25) is 10.3 Å². The van der Waals surface area contributed by atoms with Crippen LogP contribution in [0, 0.1) is 5.92 Å². The van der Waals surface area contributed by atoms with Crippen molar-refractivity contribution >= 4 is 35.3 Å². The minimum Gasteiger partial charge on any atom is -0.489 e. The fourth-order valence-electron chi connectivity index (χ4n) is 3.34. The number of pyridine rings is 1. The molecule has 0 saturated carbocycles. The number of aromatic nitrogens is 1. The first-order valence-corrected chi connectivity index (χ1v) is 10.6. The van der Waals surface area contributed by atoms with E-state index in [1.54, 1.807) is 24.3 Å². The number of carbonyl (C=O) groups is 2. The first-order chi connectivity index (χ1) is 14.8. The van der Waals surface area contributed by atoms with Gasteiger partial charge in [-0.15, -0.1) is 0 Å². The van der Waals surface area contributed by atoms with Crippen molar-refractivity contribution in [3.63, 3.8) is 0 Å². The molecule has 2 heterocycles. The number of ether oxygens (including phenoxy) is 3. The van der Waals surface area contributed by atoms with E-state index < -0.39 is 18.1 Å². The van der Waals surface area contributed by atoms with Gasteiger partial charge in [-0.1, -0.05) is 43.1 Å². The Morgan fingerprint density at radius 3 is 2.55 bits per heavy atom. The summed E-state index contributed by atoms with van der Waals surface area (Å²) >= 11 is 11.9. The highest BCUT2D eigenvalue weighted by Crippen LogP contribution is 2.34. The summed E-state index contributed by atoms with van der Waals surface area (Å²) in [5.41, 5.74) is 2.39. The summed E-state index contributed by atoms with van der Waals surface area (Å²) in [5, 5.41) is 0.587. The van der Waals surface area contributed by atoms with Gasteiger partial charge in [0.25, 0.3) is 0 Å². The predicted octanol–water partition coefficient (Wildman–Crippen LogP) is 4.83. The quantitative estimate of drug-likeness (QED) is 0.447. The van der Waals surface area contributed by atoms with Gasteiger partial charge in [0.2, 0.25) is 0 Å². The van der Waals surface area contributed by atoms with Crippen LogP contribution in [0.15, 0.2) is 30.3 Å². The van der Waals surface area contributed by atoms with Crippen molar-refractivity contribution in [3.8, 4) is 5.75 Å². The Hall–Kier alpha value is -2.51. The first kappa shape index (κ1) is 23.2. The van der Waals surface area contributed by atoms with Gasteiger partial charge in [0.15, 0.2) is 6.04 Å². The van der Waals surface area contributed by atoms with Gasteiger partial charge >= 0.3 is 12.1 Å². The Morgan fingerprint density at radius 2 is 1.90 bits per heavy atom. The lowest BCUT2D eigenvalue weighted by Gasteiger charge is -2.35. The average molecular weight is 467 g/mol. The van der Waals surface area contributed by atoms with Crippen LogP contribution in [0.1, 0.15) is 36.6 Å². The summed E-state index contributed by atoms with van der Waals surface area (Å²) < 4.78 is 16.2. The summed E-state index contributed by atoms with van der Waals surface area (Å²) in [4.78, 5) is 30.4. The van der Waals surface area contributed by atoms with Crippen molar-refractivity contribution in [1.82, 2.24) is 9.88 Å². The normalized spacial score (nSPS) is 15.4. The number of fused-ring (bicyclic) bond motifs is 1. The largest absolute Gasteiger partial charge is 0.489 e. The van der Waals surface area contributed by atoms with E-state index in [1.165, 1.54) is 12.0 Å². The van der Waals surface area contributed by atoms with Gasteiger partial charge in [-0.3, -0.25) is 4.90 Å². The van der Waals surface area contributed by atoms with Crippen molar-refractivity contribution in [2.45, 2.75) is 32.9 Å². The average Bonchev–Trinajstić information content (AvgIpc) is 2.73. The van der Waals surface area contributed by atoms with E-state index in [0.717, 1.165) is 11.1 Å². The van der Waals surface area contributed by atoms with E-state index >= 15 is 0 Å². The molecule has 166 valence electrons. The Labute approximate surface area is 191 Å². The summed E-state index contributed by atoms with van der Waals surface area (Å²) in [6.07, 6.45) is 0.0329. The molecular weight excluding hydrogens is 443 g/mol. The first-order valence-electron chi connectivity index (χ1n) is 9.87. The van der Waals surface area contributed by atoms with Crippen molar-refractivity contribution in [2.24, 2.45) is 5.92 Å². The number of hydrogen-bond acceptors (Lipinski definition) is 6. The Morgan fingerprint density at radius 1 is 1.19 bits per heavy atom. The Bertz CT molecular complexity index is 947. The maximum Gasteiger partial charge on any atom is 0.410 e. The Balaban J connectivity index is 1.78. The number of rotatable bonds is 6. The van der Waals surface area contributed by atoms with Gasteiger partial charge in [0, 0.05) is 6.54 Å². The zero-order valence-electron chi connectivity index (χ0n) is 17.6. The second kappa shape index (κ2) is 10.2. The van der Waals surface area contributed by atoms with Gasteiger partial charge in [-0.25, -0.2) is 14.6 Å². The van der Waals surface area contributed by atoms with Gasteiger partial charge in [-0.05, 0) is 53.3 Å². The molecular formula is C22H24Cl2N2O5. The molecule has 31 heavy (non-hydrogen) atoms. The zero-order chi connectivity index (χ0) is 22.5. The minimum atomic E-state index is -0.861. The fourth-order valence-corrected chi connectivity index (χ4v) is 3.85. The van der Waals surface area contributed by atoms with Crippen LogP contribution in [-0.2, 0) is 27.3 Å². The predicted molar refractivity (Wildman–Crippen MR) is 116 cm³/mol. The minimum absolute atomic E-state index is 0.197. The van der Waals surface area contributed by atoms with E-state index in [1.807, 2.05) is 19.9 Å². The van der Waals surface area contributed by atoms with Crippen LogP contribution < -0.4 is 4.74 Å². The van der Waals surface area contributed by atoms with Crippen LogP contribution in [0.3, 0.4) is 0 Å². The molecule has 0 N–H and O–H groups in total. The third-order valence-corrected chi connectivity index (χ3v) is 5.16. The standard InChI is InChI=1S/C22H24Cl2N2O5/c1-13(2)11-31-22(28)26-7-6-15-10-16(4-5-17(15)20(26)21(27)29-3)30-12-14-8-18(23)25-19(24)9-14/h4-5,8-10,13,20H,6-7,11-12H2,1-3H3. The molecule has 1 atom stereocenters. The van der Waals surface area contributed by atoms with E-state index in [-0.39, 0.29) is 19.1 Å². The molecule has 0 aliphatic carbocycles. The molecule has 1 aliphatic heterocycles.